The Morgan fingerprint density at radius 2 is 1.43 bits per heavy atom. The Labute approximate surface area is 231 Å². The fraction of sp³-hybridized carbons (Fsp3) is 0.375. The summed E-state index contributed by atoms with van der Waals surface area (Å²) in [6.45, 7) is 11.8. The van der Waals surface area contributed by atoms with Gasteiger partial charge < -0.3 is 33.6 Å². The number of likely N-dealkylation sites (N-methyl/N-ethyl adjacent to an activating group) is 1. The van der Waals surface area contributed by atoms with Gasteiger partial charge in [0.15, 0.2) is 0 Å². The minimum atomic E-state index is -0.364. The van der Waals surface area contributed by atoms with Crippen molar-refractivity contribution in [1.29, 1.82) is 0 Å². The van der Waals surface area contributed by atoms with Gasteiger partial charge in [-0.15, -0.1) is 0 Å². The van der Waals surface area contributed by atoms with Gasteiger partial charge in [0.05, 0.1) is 32.8 Å². The molecule has 3 heteroatoms. The fourth-order valence-electron chi connectivity index (χ4n) is 4.55. The molecule has 0 spiro atoms. The summed E-state index contributed by atoms with van der Waals surface area (Å²) in [7, 11) is 2.34. The molecule has 0 aliphatic rings. The standard InChI is InChI=1S/C16H26N.C16H18O.HI/c1-4-13-17(3,14-5-2)15-9-12-16-10-7-6-8-11-16;1-2-8-16(17)15-12-7-6-11-14(15)13-9-4-3-5-10-13;/h4,6-8,10-11H,1,5,9,12-15H2,2-3H3;3-7,9-12,16-17H,2,8H2,1H3;1H/q+1;;/p-1. The van der Waals surface area contributed by atoms with Crippen molar-refractivity contribution in [1.82, 2.24) is 0 Å². The molecule has 2 atom stereocenters. The van der Waals surface area contributed by atoms with Gasteiger partial charge in [0, 0.05) is 6.42 Å². The first-order valence-corrected chi connectivity index (χ1v) is 12.8. The monoisotopic (exact) mass is 585 g/mol. The van der Waals surface area contributed by atoms with Crippen molar-refractivity contribution >= 4 is 0 Å². The minimum absolute atomic E-state index is 0. The molecule has 3 aromatic carbocycles. The molecule has 0 aromatic heterocycles. The molecule has 0 amide bonds. The Kier molecular flexibility index (Phi) is 15.5. The van der Waals surface area contributed by atoms with Gasteiger partial charge in [-0.05, 0) is 47.6 Å². The normalized spacial score (nSPS) is 12.9. The third-order valence-corrected chi connectivity index (χ3v) is 6.31. The zero-order valence-electron chi connectivity index (χ0n) is 21.9. The van der Waals surface area contributed by atoms with Crippen LogP contribution in [-0.4, -0.2) is 36.3 Å². The molecule has 0 aliphatic heterocycles. The molecule has 3 rings (SSSR count). The van der Waals surface area contributed by atoms with Crippen LogP contribution >= 0.6 is 0 Å². The van der Waals surface area contributed by atoms with Gasteiger partial charge in [-0.3, -0.25) is 0 Å². The third kappa shape index (κ3) is 11.1. The number of hydrogen-bond acceptors (Lipinski definition) is 1. The largest absolute Gasteiger partial charge is 1.00 e. The number of benzene rings is 3. The lowest BCUT2D eigenvalue weighted by Crippen LogP contribution is -3.00. The van der Waals surface area contributed by atoms with E-state index >= 15 is 0 Å². The molecule has 2 unspecified atom stereocenters. The van der Waals surface area contributed by atoms with Gasteiger partial charge in [-0.1, -0.05) is 112 Å². The number of aryl methyl sites for hydroxylation is 1. The van der Waals surface area contributed by atoms with E-state index in [0.29, 0.717) is 0 Å². The lowest BCUT2D eigenvalue weighted by atomic mass is 9.94. The Balaban J connectivity index is 0.000000340. The Bertz CT molecular complexity index is 944. The van der Waals surface area contributed by atoms with Gasteiger partial charge >= 0.3 is 0 Å². The van der Waals surface area contributed by atoms with Crippen LogP contribution in [0.2, 0.25) is 0 Å². The molecule has 0 heterocycles. The van der Waals surface area contributed by atoms with Gasteiger partial charge in [0.1, 0.15) is 0 Å². The second kappa shape index (κ2) is 17.5. The Hall–Kier alpha value is -1.95. The van der Waals surface area contributed by atoms with Gasteiger partial charge in [0.2, 0.25) is 0 Å². The van der Waals surface area contributed by atoms with Crippen LogP contribution < -0.4 is 24.0 Å². The topological polar surface area (TPSA) is 20.2 Å². The zero-order valence-corrected chi connectivity index (χ0v) is 24.0. The summed E-state index contributed by atoms with van der Waals surface area (Å²) in [6.07, 6.45) is 7.18. The molecule has 2 nitrogen and oxygen atoms in total. The number of halogens is 1. The maximum absolute atomic E-state index is 10.2. The first-order valence-electron chi connectivity index (χ1n) is 12.8. The molecule has 0 fully saturated rings. The van der Waals surface area contributed by atoms with Crippen molar-refractivity contribution in [2.75, 3.05) is 26.7 Å². The van der Waals surface area contributed by atoms with Crippen molar-refractivity contribution < 1.29 is 33.6 Å². The average molecular weight is 586 g/mol. The van der Waals surface area contributed by atoms with Gasteiger partial charge in [-0.25, -0.2) is 0 Å². The van der Waals surface area contributed by atoms with E-state index in [0.717, 1.165) is 35.0 Å². The molecule has 0 aliphatic carbocycles. The number of aliphatic hydroxyl groups is 1. The van der Waals surface area contributed by atoms with Crippen LogP contribution in [-0.2, 0) is 6.42 Å². The molecular weight excluding hydrogens is 541 g/mol. The molecule has 190 valence electrons. The molecule has 0 bridgehead atoms. The van der Waals surface area contributed by atoms with E-state index in [-0.39, 0.29) is 30.1 Å². The third-order valence-electron chi connectivity index (χ3n) is 6.31. The van der Waals surface area contributed by atoms with Crippen LogP contribution in [0.3, 0.4) is 0 Å². The van der Waals surface area contributed by atoms with E-state index in [4.69, 9.17) is 0 Å². The summed E-state index contributed by atoms with van der Waals surface area (Å²) < 4.78 is 1.13. The van der Waals surface area contributed by atoms with Crippen molar-refractivity contribution in [2.24, 2.45) is 0 Å². The fourth-order valence-corrected chi connectivity index (χ4v) is 4.55. The van der Waals surface area contributed by atoms with E-state index in [2.05, 4.69) is 82.1 Å². The molecule has 1 N–H and O–H groups in total. The minimum Gasteiger partial charge on any atom is -1.00 e. The number of quaternary nitrogens is 1. The summed E-state index contributed by atoms with van der Waals surface area (Å²) in [5, 5.41) is 10.2. The summed E-state index contributed by atoms with van der Waals surface area (Å²) in [6, 6.07) is 29.1. The zero-order chi connectivity index (χ0) is 24.7. The number of aliphatic hydroxyl groups excluding tert-OH is 1. The van der Waals surface area contributed by atoms with E-state index in [9.17, 15) is 5.11 Å². The highest BCUT2D eigenvalue weighted by molar-refractivity contribution is 5.67. The highest BCUT2D eigenvalue weighted by Crippen LogP contribution is 2.30. The lowest BCUT2D eigenvalue weighted by Gasteiger charge is -2.33. The number of hydrogen-bond donors (Lipinski definition) is 1. The van der Waals surface area contributed by atoms with Gasteiger partial charge in [0.25, 0.3) is 0 Å². The van der Waals surface area contributed by atoms with Crippen molar-refractivity contribution in [3.63, 3.8) is 0 Å². The van der Waals surface area contributed by atoms with Crippen molar-refractivity contribution in [3.05, 3.63) is 109 Å². The van der Waals surface area contributed by atoms with Crippen molar-refractivity contribution in [3.8, 4) is 11.1 Å². The number of rotatable bonds is 12. The SMILES string of the molecule is C=CC[N+](C)(CCC)CCCc1ccccc1.CCCC(O)c1ccccc1-c1ccccc1.[I-]. The van der Waals surface area contributed by atoms with Gasteiger partial charge in [-0.2, -0.15) is 0 Å². The second-order valence-corrected chi connectivity index (χ2v) is 9.38. The molecule has 0 saturated heterocycles. The van der Waals surface area contributed by atoms with Crippen LogP contribution in [0.15, 0.2) is 97.6 Å². The van der Waals surface area contributed by atoms with E-state index in [1.165, 1.54) is 43.5 Å². The van der Waals surface area contributed by atoms with Crippen LogP contribution in [0.25, 0.3) is 11.1 Å². The van der Waals surface area contributed by atoms with E-state index in [1.807, 2.05) is 36.4 Å². The van der Waals surface area contributed by atoms with E-state index < -0.39 is 0 Å². The Morgan fingerprint density at radius 1 is 0.829 bits per heavy atom. The summed E-state index contributed by atoms with van der Waals surface area (Å²) in [4.78, 5) is 0. The Morgan fingerprint density at radius 3 is 2.03 bits per heavy atom. The molecule has 3 aromatic rings. The summed E-state index contributed by atoms with van der Waals surface area (Å²) >= 11 is 0. The maximum Gasteiger partial charge on any atom is 0.0969 e. The maximum atomic E-state index is 10.2. The highest BCUT2D eigenvalue weighted by atomic mass is 127. The van der Waals surface area contributed by atoms with Crippen LogP contribution in [0.1, 0.15) is 56.8 Å². The molecule has 0 radical (unpaired) electrons. The smallest absolute Gasteiger partial charge is 0.0969 e. The molecule has 0 saturated carbocycles. The first-order chi connectivity index (χ1) is 16.5. The molecule has 35 heavy (non-hydrogen) atoms. The quantitative estimate of drug-likeness (QED) is 0.183. The number of nitrogens with zero attached hydrogens (tertiary/aromatic N) is 1. The lowest BCUT2D eigenvalue weighted by molar-refractivity contribution is -0.904. The predicted octanol–water partition coefficient (Wildman–Crippen LogP) is 4.85. The second-order valence-electron chi connectivity index (χ2n) is 9.38. The van der Waals surface area contributed by atoms with Crippen molar-refractivity contribution in [2.45, 2.75) is 52.1 Å². The van der Waals surface area contributed by atoms with Crippen LogP contribution in [0.5, 0.6) is 0 Å². The van der Waals surface area contributed by atoms with E-state index in [1.54, 1.807) is 0 Å². The summed E-state index contributed by atoms with van der Waals surface area (Å²) in [5.74, 6) is 0. The first kappa shape index (κ1) is 31.1. The average Bonchev–Trinajstić information content (AvgIpc) is 2.86. The predicted molar refractivity (Wildman–Crippen MR) is 148 cm³/mol. The molecular formula is C32H44INO. The van der Waals surface area contributed by atoms with Crippen LogP contribution in [0, 0.1) is 0 Å². The van der Waals surface area contributed by atoms with Crippen LogP contribution in [0.4, 0.5) is 0 Å². The summed E-state index contributed by atoms with van der Waals surface area (Å²) in [5.41, 5.74) is 4.78. The highest BCUT2D eigenvalue weighted by Gasteiger charge is 2.17.